The number of Topliss-reactive ketones (excluding diaryl/α,β-unsaturated/α-hetero) is 1. The van der Waals surface area contributed by atoms with Gasteiger partial charge in [-0.15, -0.1) is 0 Å². The van der Waals surface area contributed by atoms with E-state index in [1.54, 1.807) is 0 Å². The molecule has 0 aliphatic heterocycles. The topological polar surface area (TPSA) is 34.1 Å². The van der Waals surface area contributed by atoms with Gasteiger partial charge in [-0.3, -0.25) is 9.00 Å². The lowest BCUT2D eigenvalue weighted by Gasteiger charge is -2.04. The van der Waals surface area contributed by atoms with Gasteiger partial charge in [0.2, 0.25) is 0 Å². The van der Waals surface area contributed by atoms with E-state index in [1.165, 1.54) is 5.56 Å². The molecule has 0 aliphatic rings. The summed E-state index contributed by atoms with van der Waals surface area (Å²) in [5, 5.41) is 0. The standard InChI is InChI=1S/C18H20O2S/c1-3-4-15-7-9-16(10-8-15)18(19)13-21(20)17-11-5-14(2)6-12-17/h5-12H,3-4,13H2,1-2H3. The molecule has 21 heavy (non-hydrogen) atoms. The third-order valence-corrected chi connectivity index (χ3v) is 4.68. The number of aryl methyl sites for hydroxylation is 2. The largest absolute Gasteiger partial charge is 0.293 e. The molecular formula is C18H20O2S. The number of rotatable bonds is 6. The molecular weight excluding hydrogens is 280 g/mol. The molecule has 0 fully saturated rings. The van der Waals surface area contributed by atoms with E-state index in [1.807, 2.05) is 55.5 Å². The third kappa shape index (κ3) is 4.36. The lowest BCUT2D eigenvalue weighted by Crippen LogP contribution is -2.11. The van der Waals surface area contributed by atoms with E-state index in [-0.39, 0.29) is 11.5 Å². The van der Waals surface area contributed by atoms with Crippen LogP contribution in [0.25, 0.3) is 0 Å². The molecule has 0 amide bonds. The summed E-state index contributed by atoms with van der Waals surface area (Å²) >= 11 is 0. The number of ketones is 1. The van der Waals surface area contributed by atoms with Crippen molar-refractivity contribution in [2.24, 2.45) is 0 Å². The highest BCUT2D eigenvalue weighted by Crippen LogP contribution is 2.12. The van der Waals surface area contributed by atoms with Crippen molar-refractivity contribution in [2.75, 3.05) is 5.75 Å². The first kappa shape index (κ1) is 15.6. The van der Waals surface area contributed by atoms with Gasteiger partial charge in [-0.05, 0) is 31.0 Å². The van der Waals surface area contributed by atoms with Crippen molar-refractivity contribution in [1.29, 1.82) is 0 Å². The number of benzene rings is 2. The average molecular weight is 300 g/mol. The van der Waals surface area contributed by atoms with Gasteiger partial charge in [-0.2, -0.15) is 0 Å². The van der Waals surface area contributed by atoms with E-state index in [9.17, 15) is 9.00 Å². The van der Waals surface area contributed by atoms with Crippen molar-refractivity contribution < 1.29 is 9.00 Å². The smallest absolute Gasteiger partial charge is 0.175 e. The zero-order valence-electron chi connectivity index (χ0n) is 12.5. The molecule has 1 atom stereocenters. The van der Waals surface area contributed by atoms with E-state index < -0.39 is 10.8 Å². The first-order valence-electron chi connectivity index (χ1n) is 7.17. The molecule has 0 saturated carbocycles. The molecule has 0 spiro atoms. The molecule has 0 radical (unpaired) electrons. The molecule has 0 heterocycles. The van der Waals surface area contributed by atoms with Crippen LogP contribution in [0.15, 0.2) is 53.4 Å². The van der Waals surface area contributed by atoms with Crippen molar-refractivity contribution in [3.8, 4) is 0 Å². The minimum Gasteiger partial charge on any atom is -0.293 e. The van der Waals surface area contributed by atoms with Gasteiger partial charge in [0.05, 0.1) is 16.6 Å². The summed E-state index contributed by atoms with van der Waals surface area (Å²) in [6, 6.07) is 15.1. The van der Waals surface area contributed by atoms with Crippen LogP contribution in [0.2, 0.25) is 0 Å². The molecule has 0 N–H and O–H groups in total. The van der Waals surface area contributed by atoms with E-state index in [0.717, 1.165) is 18.4 Å². The fourth-order valence-corrected chi connectivity index (χ4v) is 3.13. The Morgan fingerprint density at radius 1 is 1.00 bits per heavy atom. The highest BCUT2D eigenvalue weighted by atomic mass is 32.2. The van der Waals surface area contributed by atoms with Gasteiger partial charge in [-0.1, -0.05) is 55.3 Å². The molecule has 0 saturated heterocycles. The summed E-state index contributed by atoms with van der Waals surface area (Å²) in [6.45, 7) is 4.11. The van der Waals surface area contributed by atoms with Crippen LogP contribution in [0.5, 0.6) is 0 Å². The predicted molar refractivity (Wildman–Crippen MR) is 87.2 cm³/mol. The van der Waals surface area contributed by atoms with E-state index >= 15 is 0 Å². The van der Waals surface area contributed by atoms with E-state index in [2.05, 4.69) is 6.92 Å². The minimum absolute atomic E-state index is 0.0379. The van der Waals surface area contributed by atoms with Crippen LogP contribution in [0, 0.1) is 6.92 Å². The molecule has 2 rings (SSSR count). The Morgan fingerprint density at radius 2 is 1.62 bits per heavy atom. The Balaban J connectivity index is 2.03. The summed E-state index contributed by atoms with van der Waals surface area (Å²) in [7, 11) is -1.28. The van der Waals surface area contributed by atoms with Crippen LogP contribution in [-0.4, -0.2) is 15.7 Å². The molecule has 0 aliphatic carbocycles. The fraction of sp³-hybridized carbons (Fsp3) is 0.278. The highest BCUT2D eigenvalue weighted by Gasteiger charge is 2.12. The molecule has 2 aromatic rings. The lowest BCUT2D eigenvalue weighted by atomic mass is 10.1. The van der Waals surface area contributed by atoms with Crippen LogP contribution >= 0.6 is 0 Å². The maximum absolute atomic E-state index is 12.2. The lowest BCUT2D eigenvalue weighted by molar-refractivity contribution is 0.102. The molecule has 2 aromatic carbocycles. The molecule has 3 heteroatoms. The van der Waals surface area contributed by atoms with Gasteiger partial charge >= 0.3 is 0 Å². The van der Waals surface area contributed by atoms with Crippen molar-refractivity contribution in [3.05, 3.63) is 65.2 Å². The number of hydrogen-bond acceptors (Lipinski definition) is 2. The third-order valence-electron chi connectivity index (χ3n) is 3.36. The Kier molecular flexibility index (Phi) is 5.45. The quantitative estimate of drug-likeness (QED) is 0.757. The van der Waals surface area contributed by atoms with E-state index in [0.29, 0.717) is 10.5 Å². The summed E-state index contributed by atoms with van der Waals surface area (Å²) in [5.74, 6) is -0.0344. The molecule has 0 bridgehead atoms. The molecule has 0 aromatic heterocycles. The average Bonchev–Trinajstić information content (AvgIpc) is 2.49. The van der Waals surface area contributed by atoms with Crippen molar-refractivity contribution in [3.63, 3.8) is 0 Å². The zero-order valence-corrected chi connectivity index (χ0v) is 13.3. The van der Waals surface area contributed by atoms with Gasteiger partial charge in [-0.25, -0.2) is 0 Å². The second kappa shape index (κ2) is 7.32. The summed E-state index contributed by atoms with van der Waals surface area (Å²) in [5.41, 5.74) is 2.98. The zero-order chi connectivity index (χ0) is 15.2. The normalized spacial score (nSPS) is 12.1. The number of hydrogen-bond donors (Lipinski definition) is 0. The monoisotopic (exact) mass is 300 g/mol. The van der Waals surface area contributed by atoms with Gasteiger partial charge in [0.1, 0.15) is 0 Å². The summed E-state index contributed by atoms with van der Waals surface area (Å²) in [4.78, 5) is 12.9. The van der Waals surface area contributed by atoms with Crippen molar-refractivity contribution >= 4 is 16.6 Å². The van der Waals surface area contributed by atoms with Crippen LogP contribution in [0.3, 0.4) is 0 Å². The first-order valence-corrected chi connectivity index (χ1v) is 8.49. The van der Waals surface area contributed by atoms with Crippen LogP contribution < -0.4 is 0 Å². The van der Waals surface area contributed by atoms with Gasteiger partial charge in [0.25, 0.3) is 0 Å². The maximum Gasteiger partial charge on any atom is 0.175 e. The fourth-order valence-electron chi connectivity index (χ4n) is 2.12. The van der Waals surface area contributed by atoms with E-state index in [4.69, 9.17) is 0 Å². The maximum atomic E-state index is 12.2. The molecule has 110 valence electrons. The van der Waals surface area contributed by atoms with Crippen molar-refractivity contribution in [1.82, 2.24) is 0 Å². The summed E-state index contributed by atoms with van der Waals surface area (Å²) < 4.78 is 12.2. The van der Waals surface area contributed by atoms with Gasteiger partial charge < -0.3 is 0 Å². The highest BCUT2D eigenvalue weighted by molar-refractivity contribution is 7.85. The SMILES string of the molecule is CCCc1ccc(C(=O)CS(=O)c2ccc(C)cc2)cc1. The molecule has 2 nitrogen and oxygen atoms in total. The molecule has 1 unspecified atom stereocenters. The van der Waals surface area contributed by atoms with Gasteiger partial charge in [0, 0.05) is 10.5 Å². The Hall–Kier alpha value is -1.74. The minimum atomic E-state index is -1.28. The number of carbonyl (C=O) groups is 1. The Labute approximate surface area is 128 Å². The van der Waals surface area contributed by atoms with Crippen LogP contribution in [0.4, 0.5) is 0 Å². The Bertz CT molecular complexity index is 627. The summed E-state index contributed by atoms with van der Waals surface area (Å²) in [6.07, 6.45) is 2.11. The predicted octanol–water partition coefficient (Wildman–Crippen LogP) is 3.94. The van der Waals surface area contributed by atoms with Crippen LogP contribution in [-0.2, 0) is 17.2 Å². The number of carbonyl (C=O) groups excluding carboxylic acids is 1. The Morgan fingerprint density at radius 3 is 2.19 bits per heavy atom. The second-order valence-corrected chi connectivity index (χ2v) is 6.62. The first-order chi connectivity index (χ1) is 10.1. The van der Waals surface area contributed by atoms with Gasteiger partial charge in [0.15, 0.2) is 5.78 Å². The van der Waals surface area contributed by atoms with Crippen LogP contribution in [0.1, 0.15) is 34.8 Å². The second-order valence-electron chi connectivity index (χ2n) is 5.17. The van der Waals surface area contributed by atoms with Crippen molar-refractivity contribution in [2.45, 2.75) is 31.6 Å².